The predicted octanol–water partition coefficient (Wildman–Crippen LogP) is 4.45. The van der Waals surface area contributed by atoms with Gasteiger partial charge < -0.3 is 15.0 Å². The highest BCUT2D eigenvalue weighted by Gasteiger charge is 2.30. The molecule has 9 heteroatoms. The van der Waals surface area contributed by atoms with Crippen molar-refractivity contribution in [1.82, 2.24) is 19.9 Å². The van der Waals surface area contributed by atoms with Crippen LogP contribution in [-0.4, -0.2) is 46.8 Å². The van der Waals surface area contributed by atoms with Gasteiger partial charge in [0.05, 0.1) is 18.8 Å². The molecule has 1 atom stereocenters. The molecule has 0 bridgehead atoms. The Kier molecular flexibility index (Phi) is 7.84. The molecule has 1 fully saturated rings. The number of carbonyl (C=O) groups excluding carboxylic acids is 1. The smallest absolute Gasteiger partial charge is 0.256 e. The second-order valence-corrected chi connectivity index (χ2v) is 8.31. The summed E-state index contributed by atoms with van der Waals surface area (Å²) in [6.07, 6.45) is 9.19. The molecule has 3 aromatic rings. The van der Waals surface area contributed by atoms with Gasteiger partial charge in [-0.05, 0) is 56.4 Å². The zero-order valence-corrected chi connectivity index (χ0v) is 19.1. The minimum atomic E-state index is -0.467. The number of nitrogens with one attached hydrogen (secondary N) is 1. The zero-order valence-electron chi connectivity index (χ0n) is 19.1. The molecule has 1 N–H and O–H groups in total. The van der Waals surface area contributed by atoms with Gasteiger partial charge in [0, 0.05) is 31.5 Å². The van der Waals surface area contributed by atoms with Crippen LogP contribution in [-0.2, 0) is 4.74 Å². The number of carbonyl (C=O) groups is 1. The Labute approximate surface area is 197 Å². The molecule has 1 saturated heterocycles. The molecule has 180 valence electrons. The Bertz CT molecular complexity index is 1150. The van der Waals surface area contributed by atoms with E-state index >= 15 is 0 Å². The van der Waals surface area contributed by atoms with Crippen LogP contribution in [0.3, 0.4) is 0 Å². The fraction of sp³-hybridized carbons (Fsp3) is 0.400. The Balaban J connectivity index is 1.43. The summed E-state index contributed by atoms with van der Waals surface area (Å²) in [5, 5.41) is 7.16. The van der Waals surface area contributed by atoms with Crippen LogP contribution < -0.4 is 10.2 Å². The molecule has 2 aromatic heterocycles. The van der Waals surface area contributed by atoms with Crippen LogP contribution in [0.25, 0.3) is 5.65 Å². The van der Waals surface area contributed by atoms with Crippen molar-refractivity contribution in [2.45, 2.75) is 38.1 Å². The molecule has 0 radical (unpaired) electrons. The summed E-state index contributed by atoms with van der Waals surface area (Å²) in [7, 11) is 0. The van der Waals surface area contributed by atoms with E-state index in [1.807, 2.05) is 4.90 Å². The Morgan fingerprint density at radius 2 is 2.15 bits per heavy atom. The summed E-state index contributed by atoms with van der Waals surface area (Å²) >= 11 is 0. The summed E-state index contributed by atoms with van der Waals surface area (Å²) in [5.41, 5.74) is 1.13. The molecule has 7 nitrogen and oxygen atoms in total. The third kappa shape index (κ3) is 5.41. The van der Waals surface area contributed by atoms with Crippen LogP contribution in [0.2, 0.25) is 0 Å². The Morgan fingerprint density at radius 1 is 1.26 bits per heavy atom. The van der Waals surface area contributed by atoms with E-state index in [2.05, 4.69) is 22.0 Å². The number of amides is 1. The number of hydrogen-bond donors (Lipinski definition) is 1. The molecule has 0 aliphatic carbocycles. The lowest BCUT2D eigenvalue weighted by Gasteiger charge is -2.26. The molecule has 3 heterocycles. The standard InChI is InChI=1S/C25H29F2N5O2/c1-2-14-34-15-5-3-4-11-28-25(33)20-17-29-32-13-10-23(30-24(20)32)31-12-6-7-22(31)19-16-18(26)8-9-21(19)27/h2,8-10,13,16-17,22H,1,3-7,11-12,14-15H2,(H,28,33)/t22-/m1/s1. The van der Waals surface area contributed by atoms with Gasteiger partial charge in [-0.15, -0.1) is 6.58 Å². The third-order valence-corrected chi connectivity index (χ3v) is 5.95. The molecular formula is C25H29F2N5O2. The van der Waals surface area contributed by atoms with Crippen LogP contribution in [0, 0.1) is 11.6 Å². The minimum absolute atomic E-state index is 0.239. The van der Waals surface area contributed by atoms with E-state index in [4.69, 9.17) is 4.74 Å². The number of anilines is 1. The lowest BCUT2D eigenvalue weighted by Crippen LogP contribution is -2.26. The number of hydrogen-bond acceptors (Lipinski definition) is 5. The molecule has 1 aromatic carbocycles. The van der Waals surface area contributed by atoms with E-state index in [0.717, 1.165) is 37.8 Å². The van der Waals surface area contributed by atoms with Gasteiger partial charge >= 0.3 is 0 Å². The van der Waals surface area contributed by atoms with E-state index < -0.39 is 11.6 Å². The second-order valence-electron chi connectivity index (χ2n) is 8.31. The number of benzene rings is 1. The number of aromatic nitrogens is 3. The van der Waals surface area contributed by atoms with Gasteiger partial charge in [-0.3, -0.25) is 4.79 Å². The van der Waals surface area contributed by atoms with Crippen molar-refractivity contribution < 1.29 is 18.3 Å². The maximum Gasteiger partial charge on any atom is 0.256 e. The van der Waals surface area contributed by atoms with Gasteiger partial charge in [0.25, 0.3) is 5.91 Å². The molecule has 4 rings (SSSR count). The Morgan fingerprint density at radius 3 is 3.00 bits per heavy atom. The largest absolute Gasteiger partial charge is 0.377 e. The highest BCUT2D eigenvalue weighted by molar-refractivity contribution is 5.99. The van der Waals surface area contributed by atoms with Gasteiger partial charge in [0.1, 0.15) is 23.0 Å². The lowest BCUT2D eigenvalue weighted by atomic mass is 10.0. The lowest BCUT2D eigenvalue weighted by molar-refractivity contribution is 0.0954. The van der Waals surface area contributed by atoms with Gasteiger partial charge in [0.15, 0.2) is 5.65 Å². The van der Waals surface area contributed by atoms with Crippen LogP contribution in [0.5, 0.6) is 0 Å². The first-order chi connectivity index (χ1) is 16.6. The minimum Gasteiger partial charge on any atom is -0.377 e. The number of nitrogens with zero attached hydrogens (tertiary/aromatic N) is 4. The molecule has 0 spiro atoms. The molecule has 0 unspecified atom stereocenters. The first kappa shape index (κ1) is 23.8. The Hall–Kier alpha value is -3.33. The molecule has 1 aliphatic heterocycles. The summed E-state index contributed by atoms with van der Waals surface area (Å²) in [4.78, 5) is 19.4. The topological polar surface area (TPSA) is 71.8 Å². The quantitative estimate of drug-likeness (QED) is 0.332. The van der Waals surface area contributed by atoms with Crippen LogP contribution in [0.15, 0.2) is 49.3 Å². The molecule has 1 aliphatic rings. The van der Waals surface area contributed by atoms with E-state index in [1.165, 1.54) is 12.3 Å². The van der Waals surface area contributed by atoms with E-state index in [-0.39, 0.29) is 11.9 Å². The number of rotatable bonds is 11. The summed E-state index contributed by atoms with van der Waals surface area (Å²) < 4.78 is 35.1. The van der Waals surface area contributed by atoms with E-state index in [1.54, 1.807) is 22.9 Å². The van der Waals surface area contributed by atoms with Crippen molar-refractivity contribution in [2.24, 2.45) is 0 Å². The second kappa shape index (κ2) is 11.2. The normalized spacial score (nSPS) is 15.7. The van der Waals surface area contributed by atoms with Gasteiger partial charge in [0.2, 0.25) is 0 Å². The first-order valence-corrected chi connectivity index (χ1v) is 11.6. The number of unbranched alkanes of at least 4 members (excludes halogenated alkanes) is 2. The van der Waals surface area contributed by atoms with Crippen molar-refractivity contribution in [1.29, 1.82) is 0 Å². The maximum absolute atomic E-state index is 14.4. The summed E-state index contributed by atoms with van der Waals surface area (Å²) in [5.74, 6) is -0.536. The average Bonchev–Trinajstić information content (AvgIpc) is 3.49. The fourth-order valence-corrected chi connectivity index (χ4v) is 4.28. The maximum atomic E-state index is 14.4. The van der Waals surface area contributed by atoms with E-state index in [9.17, 15) is 13.6 Å². The van der Waals surface area contributed by atoms with E-state index in [0.29, 0.717) is 55.3 Å². The zero-order chi connectivity index (χ0) is 23.9. The van der Waals surface area contributed by atoms with Gasteiger partial charge in [-0.25, -0.2) is 18.3 Å². The number of ether oxygens (including phenoxy) is 1. The van der Waals surface area contributed by atoms with Gasteiger partial charge in [-0.2, -0.15) is 5.10 Å². The molecular weight excluding hydrogens is 440 g/mol. The molecule has 1 amide bonds. The van der Waals surface area contributed by atoms with Crippen LogP contribution in [0.4, 0.5) is 14.6 Å². The highest BCUT2D eigenvalue weighted by Crippen LogP contribution is 2.36. The van der Waals surface area contributed by atoms with Crippen molar-refractivity contribution in [3.63, 3.8) is 0 Å². The first-order valence-electron chi connectivity index (χ1n) is 11.6. The monoisotopic (exact) mass is 469 g/mol. The van der Waals surface area contributed by atoms with Crippen molar-refractivity contribution in [3.8, 4) is 0 Å². The van der Waals surface area contributed by atoms with Crippen molar-refractivity contribution in [2.75, 3.05) is 31.2 Å². The van der Waals surface area contributed by atoms with Crippen molar-refractivity contribution in [3.05, 3.63) is 72.1 Å². The molecule has 34 heavy (non-hydrogen) atoms. The van der Waals surface area contributed by atoms with Crippen LogP contribution in [0.1, 0.15) is 54.1 Å². The average molecular weight is 470 g/mol. The SMILES string of the molecule is C=CCOCCCCCNC(=O)c1cnn2ccc(N3CCC[C@@H]3c3cc(F)ccc3F)nc12. The fourth-order valence-electron chi connectivity index (χ4n) is 4.28. The number of halogens is 2. The summed E-state index contributed by atoms with van der Waals surface area (Å²) in [6, 6.07) is 4.99. The van der Waals surface area contributed by atoms with Crippen LogP contribution >= 0.6 is 0 Å². The summed E-state index contributed by atoms with van der Waals surface area (Å²) in [6.45, 7) is 6.05. The predicted molar refractivity (Wildman–Crippen MR) is 126 cm³/mol. The third-order valence-electron chi connectivity index (χ3n) is 5.95. The number of fused-ring (bicyclic) bond motifs is 1. The molecule has 0 saturated carbocycles. The van der Waals surface area contributed by atoms with Gasteiger partial charge in [-0.1, -0.05) is 6.08 Å². The highest BCUT2D eigenvalue weighted by atomic mass is 19.1. The van der Waals surface area contributed by atoms with Crippen molar-refractivity contribution >= 4 is 17.4 Å².